The predicted octanol–water partition coefficient (Wildman–Crippen LogP) is 2.48. The minimum Gasteiger partial charge on any atom is -0.298 e. The smallest absolute Gasteiger partial charge is 0.150 e. The molecule has 0 rings (SSSR count). The Balaban J connectivity index is 3.17. The summed E-state index contributed by atoms with van der Waals surface area (Å²) in [6.07, 6.45) is 8.80. The SMILES string of the molecule is CCCCCC=C=CC=O. The van der Waals surface area contributed by atoms with Crippen molar-refractivity contribution in [1.82, 2.24) is 0 Å². The molecular formula is C9H14O. The first-order valence-electron chi connectivity index (χ1n) is 3.76. The minimum absolute atomic E-state index is 0.746. The summed E-state index contributed by atoms with van der Waals surface area (Å²) in [7, 11) is 0. The van der Waals surface area contributed by atoms with Gasteiger partial charge in [0.05, 0.1) is 0 Å². The van der Waals surface area contributed by atoms with E-state index in [2.05, 4.69) is 12.7 Å². The standard InChI is InChI=1S/C9H14O/c1-2-3-4-5-6-7-8-9-10/h6,8-9H,2-5H2,1H3. The molecule has 0 aromatic rings. The zero-order valence-corrected chi connectivity index (χ0v) is 6.47. The van der Waals surface area contributed by atoms with Gasteiger partial charge in [-0.2, -0.15) is 0 Å². The number of allylic oxidation sites excluding steroid dienone is 1. The molecule has 0 aliphatic carbocycles. The van der Waals surface area contributed by atoms with Crippen LogP contribution in [-0.4, -0.2) is 6.29 Å². The maximum Gasteiger partial charge on any atom is 0.150 e. The molecule has 0 saturated carbocycles. The minimum atomic E-state index is 0.746. The van der Waals surface area contributed by atoms with E-state index < -0.39 is 0 Å². The van der Waals surface area contributed by atoms with Crippen molar-refractivity contribution in [2.24, 2.45) is 0 Å². The third-order valence-corrected chi connectivity index (χ3v) is 1.23. The van der Waals surface area contributed by atoms with E-state index in [1.807, 2.05) is 6.08 Å². The first-order chi connectivity index (χ1) is 4.91. The molecule has 0 spiro atoms. The van der Waals surface area contributed by atoms with Gasteiger partial charge in [-0.25, -0.2) is 0 Å². The molecule has 0 aliphatic heterocycles. The van der Waals surface area contributed by atoms with Gasteiger partial charge in [0.25, 0.3) is 0 Å². The number of carbonyl (C=O) groups excluding carboxylic acids is 1. The molecule has 1 heteroatoms. The van der Waals surface area contributed by atoms with Gasteiger partial charge in [-0.3, -0.25) is 4.79 Å². The Hall–Kier alpha value is -0.810. The highest BCUT2D eigenvalue weighted by atomic mass is 16.1. The molecule has 0 aromatic carbocycles. The van der Waals surface area contributed by atoms with Crippen molar-refractivity contribution in [1.29, 1.82) is 0 Å². The number of hydrogen-bond donors (Lipinski definition) is 0. The van der Waals surface area contributed by atoms with Gasteiger partial charge < -0.3 is 0 Å². The van der Waals surface area contributed by atoms with Crippen molar-refractivity contribution >= 4 is 6.29 Å². The van der Waals surface area contributed by atoms with E-state index in [1.54, 1.807) is 0 Å². The summed E-state index contributed by atoms with van der Waals surface area (Å²) in [6.45, 7) is 2.17. The average molecular weight is 138 g/mol. The molecule has 0 aliphatic rings. The van der Waals surface area contributed by atoms with Crippen LogP contribution in [0.15, 0.2) is 17.9 Å². The van der Waals surface area contributed by atoms with Gasteiger partial charge in [-0.05, 0) is 18.9 Å². The van der Waals surface area contributed by atoms with E-state index >= 15 is 0 Å². The summed E-state index contributed by atoms with van der Waals surface area (Å²) in [5.41, 5.74) is 2.78. The van der Waals surface area contributed by atoms with Crippen LogP contribution in [0.25, 0.3) is 0 Å². The quantitative estimate of drug-likeness (QED) is 0.247. The van der Waals surface area contributed by atoms with Crippen LogP contribution in [0, 0.1) is 0 Å². The molecule has 0 fully saturated rings. The second-order valence-electron chi connectivity index (χ2n) is 2.17. The Morgan fingerprint density at radius 1 is 1.40 bits per heavy atom. The van der Waals surface area contributed by atoms with E-state index in [9.17, 15) is 4.79 Å². The van der Waals surface area contributed by atoms with Crippen molar-refractivity contribution < 1.29 is 4.79 Å². The maximum atomic E-state index is 9.76. The maximum absolute atomic E-state index is 9.76. The molecule has 0 unspecified atom stereocenters. The molecule has 0 radical (unpaired) electrons. The Kier molecular flexibility index (Phi) is 7.53. The Labute approximate surface area is 62.4 Å². The van der Waals surface area contributed by atoms with Gasteiger partial charge in [0.2, 0.25) is 0 Å². The first kappa shape index (κ1) is 9.19. The van der Waals surface area contributed by atoms with Crippen LogP contribution in [0.5, 0.6) is 0 Å². The molecule has 1 nitrogen and oxygen atoms in total. The highest BCUT2D eigenvalue weighted by molar-refractivity contribution is 5.64. The van der Waals surface area contributed by atoms with Gasteiger partial charge >= 0.3 is 0 Å². The number of unbranched alkanes of at least 4 members (excludes halogenated alkanes) is 3. The molecule has 0 bridgehead atoms. The number of carbonyl (C=O) groups is 1. The lowest BCUT2D eigenvalue weighted by Crippen LogP contribution is -1.68. The van der Waals surface area contributed by atoms with Crippen LogP contribution in [0.2, 0.25) is 0 Å². The van der Waals surface area contributed by atoms with Crippen molar-refractivity contribution in [2.75, 3.05) is 0 Å². The zero-order valence-electron chi connectivity index (χ0n) is 6.47. The van der Waals surface area contributed by atoms with Gasteiger partial charge in [-0.15, -0.1) is 5.73 Å². The summed E-state index contributed by atoms with van der Waals surface area (Å²) < 4.78 is 0. The van der Waals surface area contributed by atoms with E-state index in [-0.39, 0.29) is 0 Å². The van der Waals surface area contributed by atoms with Gasteiger partial charge in [0.15, 0.2) is 6.29 Å². The summed E-state index contributed by atoms with van der Waals surface area (Å²) in [5, 5.41) is 0. The van der Waals surface area contributed by atoms with Crippen LogP contribution >= 0.6 is 0 Å². The number of aldehydes is 1. The van der Waals surface area contributed by atoms with Crippen molar-refractivity contribution in [3.05, 3.63) is 17.9 Å². The summed E-state index contributed by atoms with van der Waals surface area (Å²) in [4.78, 5) is 9.76. The topological polar surface area (TPSA) is 17.1 Å². The molecule has 0 saturated heterocycles. The number of hydrogen-bond acceptors (Lipinski definition) is 1. The highest BCUT2D eigenvalue weighted by Crippen LogP contribution is 1.98. The molecule has 0 atom stereocenters. The van der Waals surface area contributed by atoms with E-state index in [4.69, 9.17) is 0 Å². The van der Waals surface area contributed by atoms with Gasteiger partial charge in [0.1, 0.15) is 0 Å². The second-order valence-corrected chi connectivity index (χ2v) is 2.17. The summed E-state index contributed by atoms with van der Waals surface area (Å²) >= 11 is 0. The Morgan fingerprint density at radius 3 is 2.80 bits per heavy atom. The lowest BCUT2D eigenvalue weighted by Gasteiger charge is -1.87. The Bertz CT molecular complexity index is 130. The largest absolute Gasteiger partial charge is 0.298 e. The van der Waals surface area contributed by atoms with Crippen LogP contribution in [0.3, 0.4) is 0 Å². The fraction of sp³-hybridized carbons (Fsp3) is 0.556. The third-order valence-electron chi connectivity index (χ3n) is 1.23. The highest BCUT2D eigenvalue weighted by Gasteiger charge is 1.78. The molecule has 56 valence electrons. The Morgan fingerprint density at radius 2 is 2.20 bits per heavy atom. The average Bonchev–Trinajstić information content (AvgIpc) is 1.97. The predicted molar refractivity (Wildman–Crippen MR) is 42.9 cm³/mol. The van der Waals surface area contributed by atoms with Crippen molar-refractivity contribution in [3.63, 3.8) is 0 Å². The van der Waals surface area contributed by atoms with Crippen molar-refractivity contribution in [2.45, 2.75) is 32.6 Å². The van der Waals surface area contributed by atoms with Gasteiger partial charge in [-0.1, -0.05) is 19.8 Å². The van der Waals surface area contributed by atoms with Crippen molar-refractivity contribution in [3.8, 4) is 0 Å². The molecule has 0 heterocycles. The third kappa shape index (κ3) is 7.19. The molecule has 0 amide bonds. The van der Waals surface area contributed by atoms with Crippen LogP contribution < -0.4 is 0 Å². The fourth-order valence-electron chi connectivity index (χ4n) is 0.687. The molecule has 0 aromatic heterocycles. The normalized spacial score (nSPS) is 8.10. The summed E-state index contributed by atoms with van der Waals surface area (Å²) in [5.74, 6) is 0. The first-order valence-corrected chi connectivity index (χ1v) is 3.76. The second kappa shape index (κ2) is 8.19. The molecule has 0 N–H and O–H groups in total. The molecular weight excluding hydrogens is 124 g/mol. The van der Waals surface area contributed by atoms with E-state index in [0.717, 1.165) is 12.7 Å². The number of rotatable bonds is 5. The van der Waals surface area contributed by atoms with Crippen LogP contribution in [0.4, 0.5) is 0 Å². The lowest BCUT2D eigenvalue weighted by atomic mass is 10.2. The van der Waals surface area contributed by atoms with Crippen LogP contribution in [-0.2, 0) is 4.79 Å². The summed E-state index contributed by atoms with van der Waals surface area (Å²) in [6, 6.07) is 0. The zero-order chi connectivity index (χ0) is 7.66. The fourth-order valence-corrected chi connectivity index (χ4v) is 0.687. The molecule has 10 heavy (non-hydrogen) atoms. The lowest BCUT2D eigenvalue weighted by molar-refractivity contribution is -0.104. The van der Waals surface area contributed by atoms with E-state index in [0.29, 0.717) is 0 Å². The van der Waals surface area contributed by atoms with Gasteiger partial charge in [0, 0.05) is 6.08 Å². The van der Waals surface area contributed by atoms with E-state index in [1.165, 1.54) is 25.3 Å². The monoisotopic (exact) mass is 138 g/mol. The van der Waals surface area contributed by atoms with Crippen LogP contribution in [0.1, 0.15) is 32.6 Å².